The summed E-state index contributed by atoms with van der Waals surface area (Å²) in [5.41, 5.74) is 0.255. The molecule has 1 aliphatic rings. The number of anilines is 1. The molecular weight excluding hydrogens is 499 g/mol. The Hall–Kier alpha value is -4.05. The average molecular weight is 525 g/mol. The lowest BCUT2D eigenvalue weighted by atomic mass is 9.95. The summed E-state index contributed by atoms with van der Waals surface area (Å²) in [5, 5.41) is 11.2. The van der Waals surface area contributed by atoms with Gasteiger partial charge in [-0.25, -0.2) is 14.2 Å². The molecule has 0 spiro atoms. The lowest BCUT2D eigenvalue weighted by Gasteiger charge is -2.23. The molecule has 0 bridgehead atoms. The Morgan fingerprint density at radius 1 is 1.16 bits per heavy atom. The Morgan fingerprint density at radius 2 is 1.86 bits per heavy atom. The van der Waals surface area contributed by atoms with E-state index >= 15 is 4.39 Å². The Kier molecular flexibility index (Phi) is 7.68. The first kappa shape index (κ1) is 26.0. The van der Waals surface area contributed by atoms with Gasteiger partial charge >= 0.3 is 11.9 Å². The van der Waals surface area contributed by atoms with E-state index in [1.165, 1.54) is 25.3 Å². The van der Waals surface area contributed by atoms with Crippen LogP contribution in [0.25, 0.3) is 5.76 Å². The van der Waals surface area contributed by atoms with Crippen LogP contribution in [0.15, 0.2) is 54.1 Å². The number of rotatable bonds is 8. The van der Waals surface area contributed by atoms with Crippen LogP contribution in [-0.2, 0) is 14.3 Å². The predicted octanol–water partition coefficient (Wildman–Crippen LogP) is 5.18. The maximum Gasteiger partial charge on any atom is 0.350 e. The summed E-state index contributed by atoms with van der Waals surface area (Å²) in [4.78, 5) is 44.1. The summed E-state index contributed by atoms with van der Waals surface area (Å²) in [6.07, 6.45) is 1.87. The minimum atomic E-state index is -1.31. The number of amides is 1. The van der Waals surface area contributed by atoms with Crippen LogP contribution in [-0.4, -0.2) is 41.5 Å². The van der Waals surface area contributed by atoms with E-state index < -0.39 is 35.3 Å². The van der Waals surface area contributed by atoms with Crippen molar-refractivity contribution in [1.29, 1.82) is 0 Å². The first-order valence-corrected chi connectivity index (χ1v) is 12.4. The number of aliphatic hydroxyl groups is 1. The lowest BCUT2D eigenvalue weighted by Crippen LogP contribution is -2.29. The Balaban J connectivity index is 1.83. The molecule has 0 saturated carbocycles. The second-order valence-electron chi connectivity index (χ2n) is 8.32. The number of ketones is 1. The number of hydrogen-bond acceptors (Lipinski definition) is 8. The van der Waals surface area contributed by atoms with Crippen molar-refractivity contribution in [3.05, 3.63) is 81.6 Å². The van der Waals surface area contributed by atoms with E-state index in [9.17, 15) is 19.5 Å². The van der Waals surface area contributed by atoms with Crippen LogP contribution in [0.2, 0.25) is 0 Å². The van der Waals surface area contributed by atoms with Crippen molar-refractivity contribution in [1.82, 2.24) is 4.98 Å². The predicted molar refractivity (Wildman–Crippen MR) is 136 cm³/mol. The number of methoxy groups -OCH3 is 1. The maximum atomic E-state index is 15.0. The molecule has 2 heterocycles. The number of aliphatic hydroxyl groups excluding tert-OH is 1. The summed E-state index contributed by atoms with van der Waals surface area (Å²) in [5.74, 6) is -3.20. The fraction of sp³-hybridized carbons (Fsp3) is 0.259. The van der Waals surface area contributed by atoms with Crippen LogP contribution in [0, 0.1) is 12.7 Å². The van der Waals surface area contributed by atoms with Gasteiger partial charge in [0.05, 0.1) is 25.0 Å². The number of hydrogen-bond donors (Lipinski definition) is 1. The Morgan fingerprint density at radius 3 is 2.51 bits per heavy atom. The van der Waals surface area contributed by atoms with Gasteiger partial charge in [-0.05, 0) is 43.7 Å². The molecule has 1 aromatic heterocycles. The molecule has 0 aliphatic carbocycles. The molecule has 1 unspecified atom stereocenters. The third-order valence-electron chi connectivity index (χ3n) is 5.90. The van der Waals surface area contributed by atoms with Gasteiger partial charge in [-0.1, -0.05) is 42.9 Å². The number of unbranched alkanes of at least 4 members (excludes halogenated alkanes) is 1. The largest absolute Gasteiger partial charge is 0.507 e. The highest BCUT2D eigenvalue weighted by molar-refractivity contribution is 7.17. The van der Waals surface area contributed by atoms with E-state index in [-0.39, 0.29) is 26.7 Å². The quantitative estimate of drug-likeness (QED) is 0.142. The highest BCUT2D eigenvalue weighted by Gasteiger charge is 2.49. The van der Waals surface area contributed by atoms with E-state index in [2.05, 4.69) is 11.9 Å². The van der Waals surface area contributed by atoms with Crippen molar-refractivity contribution >= 4 is 39.9 Å². The SMILES string of the molecule is CCCCOc1ccc(/C(O)=C2\C(=O)C(=O)N(c3nc(C)c(C(=O)OC)s3)C2c2ccccc2F)cc1. The van der Waals surface area contributed by atoms with Crippen molar-refractivity contribution in [3.8, 4) is 5.75 Å². The molecule has 1 aliphatic heterocycles. The van der Waals surface area contributed by atoms with E-state index in [1.807, 2.05) is 0 Å². The van der Waals surface area contributed by atoms with Gasteiger partial charge in [0.1, 0.15) is 28.2 Å². The van der Waals surface area contributed by atoms with Gasteiger partial charge in [-0.15, -0.1) is 0 Å². The third-order valence-corrected chi connectivity index (χ3v) is 7.04. The number of ether oxygens (including phenoxy) is 2. The maximum absolute atomic E-state index is 15.0. The van der Waals surface area contributed by atoms with Gasteiger partial charge in [-0.2, -0.15) is 0 Å². The fourth-order valence-corrected chi connectivity index (χ4v) is 5.00. The molecule has 2 aromatic carbocycles. The van der Waals surface area contributed by atoms with Crippen molar-refractivity contribution in [2.45, 2.75) is 32.7 Å². The Bertz CT molecular complexity index is 1380. The Labute approximate surface area is 217 Å². The molecule has 3 aromatic rings. The van der Waals surface area contributed by atoms with Crippen molar-refractivity contribution in [2.75, 3.05) is 18.6 Å². The monoisotopic (exact) mass is 524 g/mol. The van der Waals surface area contributed by atoms with E-state index in [0.717, 1.165) is 29.1 Å². The summed E-state index contributed by atoms with van der Waals surface area (Å²) in [6.45, 7) is 4.15. The minimum Gasteiger partial charge on any atom is -0.507 e. The number of esters is 1. The molecule has 1 fully saturated rings. The molecular formula is C27H25FN2O6S. The zero-order valence-corrected chi connectivity index (χ0v) is 21.3. The molecule has 37 heavy (non-hydrogen) atoms. The van der Waals surface area contributed by atoms with E-state index in [1.54, 1.807) is 37.3 Å². The number of benzene rings is 2. The summed E-state index contributed by atoms with van der Waals surface area (Å²) in [7, 11) is 1.22. The van der Waals surface area contributed by atoms with Crippen LogP contribution >= 0.6 is 11.3 Å². The molecule has 10 heteroatoms. The lowest BCUT2D eigenvalue weighted by molar-refractivity contribution is -0.132. The highest BCUT2D eigenvalue weighted by atomic mass is 32.1. The number of carbonyl (C=O) groups excluding carboxylic acids is 3. The number of thiazole rings is 1. The average Bonchev–Trinajstić information content (AvgIpc) is 3.40. The standard InChI is InChI=1S/C27H25FN2O6S/c1-4-5-14-36-17-12-10-16(11-13-17)22(31)20-21(18-8-6-7-9-19(18)28)30(25(33)23(20)32)27-29-15(2)24(37-27)26(34)35-3/h6-13,21,31H,4-5,14H2,1-3H3/b22-20+. The second-order valence-corrected chi connectivity index (χ2v) is 9.30. The molecule has 1 N–H and O–H groups in total. The van der Waals surface area contributed by atoms with Gasteiger partial charge in [-0.3, -0.25) is 14.5 Å². The zero-order chi connectivity index (χ0) is 26.7. The fourth-order valence-electron chi connectivity index (χ4n) is 3.99. The number of aromatic nitrogens is 1. The van der Waals surface area contributed by atoms with Gasteiger partial charge in [0.25, 0.3) is 5.78 Å². The molecule has 1 atom stereocenters. The number of carbonyl (C=O) groups is 3. The normalized spacial score (nSPS) is 16.8. The van der Waals surface area contributed by atoms with Crippen molar-refractivity contribution in [3.63, 3.8) is 0 Å². The number of Topliss-reactive ketones (excluding diaryl/α,β-unsaturated/α-hetero) is 1. The molecule has 4 rings (SSSR count). The van der Waals surface area contributed by atoms with Crippen molar-refractivity contribution < 1.29 is 33.4 Å². The number of aryl methyl sites for hydroxylation is 1. The highest BCUT2D eigenvalue weighted by Crippen LogP contribution is 2.44. The number of halogens is 1. The van der Waals surface area contributed by atoms with Gasteiger partial charge < -0.3 is 14.6 Å². The molecule has 1 saturated heterocycles. The molecule has 192 valence electrons. The topological polar surface area (TPSA) is 106 Å². The second kappa shape index (κ2) is 10.9. The third kappa shape index (κ3) is 4.97. The van der Waals surface area contributed by atoms with E-state index in [0.29, 0.717) is 18.1 Å². The van der Waals surface area contributed by atoms with Crippen molar-refractivity contribution in [2.24, 2.45) is 0 Å². The van der Waals surface area contributed by atoms with Crippen LogP contribution in [0.1, 0.15) is 52.3 Å². The van der Waals surface area contributed by atoms with Crippen LogP contribution in [0.3, 0.4) is 0 Å². The van der Waals surface area contributed by atoms with E-state index in [4.69, 9.17) is 9.47 Å². The van der Waals surface area contributed by atoms with Crippen LogP contribution in [0.4, 0.5) is 9.52 Å². The smallest absolute Gasteiger partial charge is 0.350 e. The van der Waals surface area contributed by atoms with Crippen LogP contribution in [0.5, 0.6) is 5.75 Å². The summed E-state index contributed by atoms with van der Waals surface area (Å²) in [6, 6.07) is 10.8. The summed E-state index contributed by atoms with van der Waals surface area (Å²) < 4.78 is 25.4. The van der Waals surface area contributed by atoms with Gasteiger partial charge in [0, 0.05) is 11.1 Å². The molecule has 8 nitrogen and oxygen atoms in total. The first-order chi connectivity index (χ1) is 17.8. The molecule has 1 amide bonds. The van der Waals surface area contributed by atoms with Gasteiger partial charge in [0.2, 0.25) is 0 Å². The van der Waals surface area contributed by atoms with Crippen LogP contribution < -0.4 is 9.64 Å². The first-order valence-electron chi connectivity index (χ1n) is 11.6. The number of nitrogens with zero attached hydrogens (tertiary/aromatic N) is 2. The summed E-state index contributed by atoms with van der Waals surface area (Å²) >= 11 is 0.844. The minimum absolute atomic E-state index is 0.00441. The van der Waals surface area contributed by atoms with Gasteiger partial charge in [0.15, 0.2) is 5.13 Å². The molecule has 0 radical (unpaired) electrons. The zero-order valence-electron chi connectivity index (χ0n) is 20.5.